The lowest BCUT2D eigenvalue weighted by atomic mass is 10.2. The molecule has 0 amide bonds. The molecule has 112 valence electrons. The van der Waals surface area contributed by atoms with Gasteiger partial charge in [0.15, 0.2) is 6.10 Å². The molecule has 0 bridgehead atoms. The standard InChI is InChI=1S/C10H20N2O7/c1-2-3-4-5-6-7-17-8-10(19-12(15)16)9-18-11(13)14/h10H,2-9H2,1H3. The van der Waals surface area contributed by atoms with Crippen LogP contribution in [0.4, 0.5) is 0 Å². The van der Waals surface area contributed by atoms with Gasteiger partial charge >= 0.3 is 0 Å². The predicted molar refractivity (Wildman–Crippen MR) is 64.4 cm³/mol. The second-order valence-electron chi connectivity index (χ2n) is 3.96. The van der Waals surface area contributed by atoms with E-state index in [-0.39, 0.29) is 6.61 Å². The van der Waals surface area contributed by atoms with Crippen LogP contribution in [0.25, 0.3) is 0 Å². The van der Waals surface area contributed by atoms with Gasteiger partial charge in [-0.15, -0.1) is 20.2 Å². The first-order valence-electron chi connectivity index (χ1n) is 6.22. The summed E-state index contributed by atoms with van der Waals surface area (Å²) in [6, 6.07) is 0. The van der Waals surface area contributed by atoms with Crippen molar-refractivity contribution < 1.29 is 24.6 Å². The van der Waals surface area contributed by atoms with E-state index in [9.17, 15) is 20.2 Å². The van der Waals surface area contributed by atoms with E-state index in [1.54, 1.807) is 0 Å². The number of rotatable bonds is 13. The van der Waals surface area contributed by atoms with Crippen molar-refractivity contribution in [2.75, 3.05) is 19.8 Å². The highest BCUT2D eigenvalue weighted by atomic mass is 17.0. The molecule has 0 N–H and O–H groups in total. The highest BCUT2D eigenvalue weighted by molar-refractivity contribution is 4.52. The normalized spacial score (nSPS) is 11.8. The van der Waals surface area contributed by atoms with Crippen molar-refractivity contribution in [2.45, 2.75) is 45.1 Å². The summed E-state index contributed by atoms with van der Waals surface area (Å²) < 4.78 is 5.18. The largest absolute Gasteiger partial charge is 0.379 e. The van der Waals surface area contributed by atoms with Gasteiger partial charge in [0.25, 0.3) is 10.2 Å². The van der Waals surface area contributed by atoms with E-state index < -0.39 is 22.9 Å². The highest BCUT2D eigenvalue weighted by Crippen LogP contribution is 2.03. The van der Waals surface area contributed by atoms with E-state index in [0.29, 0.717) is 6.61 Å². The fraction of sp³-hybridized carbons (Fsp3) is 1.00. The second-order valence-corrected chi connectivity index (χ2v) is 3.96. The van der Waals surface area contributed by atoms with Gasteiger partial charge in [-0.05, 0) is 6.42 Å². The van der Waals surface area contributed by atoms with Crippen molar-refractivity contribution in [3.05, 3.63) is 20.2 Å². The molecule has 0 rings (SSSR count). The maximum atomic E-state index is 10.2. The lowest BCUT2D eigenvalue weighted by Crippen LogP contribution is -2.29. The van der Waals surface area contributed by atoms with Gasteiger partial charge in [-0.1, -0.05) is 32.6 Å². The summed E-state index contributed by atoms with van der Waals surface area (Å²) in [5.41, 5.74) is 0. The molecular formula is C10H20N2O7. The maximum absolute atomic E-state index is 10.2. The minimum absolute atomic E-state index is 0.109. The molecule has 0 aromatic heterocycles. The van der Waals surface area contributed by atoms with Crippen LogP contribution in [0.5, 0.6) is 0 Å². The van der Waals surface area contributed by atoms with Crippen LogP contribution in [0.2, 0.25) is 0 Å². The van der Waals surface area contributed by atoms with E-state index >= 15 is 0 Å². The van der Waals surface area contributed by atoms with Crippen LogP contribution in [-0.4, -0.2) is 36.1 Å². The Bertz CT molecular complexity index is 262. The van der Waals surface area contributed by atoms with Gasteiger partial charge in [0.2, 0.25) is 0 Å². The van der Waals surface area contributed by atoms with Crippen LogP contribution in [0.15, 0.2) is 0 Å². The third-order valence-electron chi connectivity index (χ3n) is 2.30. The summed E-state index contributed by atoms with van der Waals surface area (Å²) in [5, 5.41) is 18.1. The third kappa shape index (κ3) is 12.6. The molecule has 0 aliphatic heterocycles. The summed E-state index contributed by atoms with van der Waals surface area (Å²) >= 11 is 0. The Morgan fingerprint density at radius 2 is 1.68 bits per heavy atom. The number of hydrogen-bond donors (Lipinski definition) is 0. The average Bonchev–Trinajstić information content (AvgIpc) is 2.33. The summed E-state index contributed by atoms with van der Waals surface area (Å²) in [7, 11) is 0. The molecule has 0 radical (unpaired) electrons. The first-order chi connectivity index (χ1) is 9.06. The molecule has 9 nitrogen and oxygen atoms in total. The van der Waals surface area contributed by atoms with Crippen molar-refractivity contribution in [3.63, 3.8) is 0 Å². The van der Waals surface area contributed by atoms with Gasteiger partial charge in [0, 0.05) is 6.61 Å². The SMILES string of the molecule is CCCCCCCOCC(CO[N+](=O)[O-])O[N+](=O)[O-]. The monoisotopic (exact) mass is 280 g/mol. The molecule has 1 atom stereocenters. The van der Waals surface area contributed by atoms with Crippen molar-refractivity contribution in [3.8, 4) is 0 Å². The third-order valence-corrected chi connectivity index (χ3v) is 2.30. The molecule has 0 heterocycles. The molecule has 9 heteroatoms. The van der Waals surface area contributed by atoms with Crippen molar-refractivity contribution in [1.82, 2.24) is 0 Å². The van der Waals surface area contributed by atoms with E-state index in [1.807, 2.05) is 0 Å². The van der Waals surface area contributed by atoms with Crippen LogP contribution >= 0.6 is 0 Å². The summed E-state index contributed by atoms with van der Waals surface area (Å²) in [5.74, 6) is 0. The van der Waals surface area contributed by atoms with Gasteiger partial charge in [-0.25, -0.2) is 0 Å². The topological polar surface area (TPSA) is 114 Å². The fourth-order valence-electron chi connectivity index (χ4n) is 1.40. The summed E-state index contributed by atoms with van der Waals surface area (Å²) in [4.78, 5) is 28.4. The molecule has 0 aliphatic rings. The highest BCUT2D eigenvalue weighted by Gasteiger charge is 2.15. The van der Waals surface area contributed by atoms with Crippen LogP contribution in [0, 0.1) is 20.2 Å². The Morgan fingerprint density at radius 3 is 2.26 bits per heavy atom. The first-order valence-corrected chi connectivity index (χ1v) is 6.22. The summed E-state index contributed by atoms with van der Waals surface area (Å²) in [6.07, 6.45) is 4.23. The zero-order chi connectivity index (χ0) is 14.5. The molecule has 1 unspecified atom stereocenters. The van der Waals surface area contributed by atoms with Crippen molar-refractivity contribution >= 4 is 0 Å². The Balaban J connectivity index is 3.67. The molecule has 19 heavy (non-hydrogen) atoms. The van der Waals surface area contributed by atoms with E-state index in [0.717, 1.165) is 25.7 Å². The van der Waals surface area contributed by atoms with E-state index in [4.69, 9.17) is 4.74 Å². The Labute approximate surface area is 111 Å². The van der Waals surface area contributed by atoms with Crippen LogP contribution in [0.3, 0.4) is 0 Å². The van der Waals surface area contributed by atoms with Gasteiger partial charge in [0.1, 0.15) is 6.61 Å². The molecule has 0 spiro atoms. The molecule has 0 aromatic rings. The smallest absolute Gasteiger partial charge is 0.294 e. The van der Waals surface area contributed by atoms with Crippen LogP contribution < -0.4 is 0 Å². The minimum Gasteiger partial charge on any atom is -0.379 e. The number of unbranched alkanes of at least 4 members (excludes halogenated alkanes) is 4. The Kier molecular flexibility index (Phi) is 10.5. The molecule has 0 fully saturated rings. The van der Waals surface area contributed by atoms with E-state index in [1.165, 1.54) is 6.42 Å². The summed E-state index contributed by atoms with van der Waals surface area (Å²) in [6.45, 7) is 1.93. The van der Waals surface area contributed by atoms with Gasteiger partial charge in [0.05, 0.1) is 6.61 Å². The van der Waals surface area contributed by atoms with Crippen LogP contribution in [-0.2, 0) is 14.4 Å². The molecule has 0 aliphatic carbocycles. The van der Waals surface area contributed by atoms with Crippen molar-refractivity contribution in [2.24, 2.45) is 0 Å². The quantitative estimate of drug-likeness (QED) is 0.287. The molecular weight excluding hydrogens is 260 g/mol. The number of hydrogen-bond acceptors (Lipinski definition) is 7. The second kappa shape index (κ2) is 11.5. The molecule has 0 saturated carbocycles. The molecule has 0 aromatic carbocycles. The zero-order valence-electron chi connectivity index (χ0n) is 11.0. The van der Waals surface area contributed by atoms with Crippen LogP contribution in [0.1, 0.15) is 39.0 Å². The predicted octanol–water partition coefficient (Wildman–Crippen LogP) is 1.76. The van der Waals surface area contributed by atoms with Gasteiger partial charge in [-0.3, -0.25) is 0 Å². The molecule has 0 saturated heterocycles. The lowest BCUT2D eigenvalue weighted by molar-refractivity contribution is -0.790. The van der Waals surface area contributed by atoms with Gasteiger partial charge in [-0.2, -0.15) is 0 Å². The number of nitrogens with zero attached hydrogens (tertiary/aromatic N) is 2. The minimum atomic E-state index is -1.09. The Morgan fingerprint density at radius 1 is 1.00 bits per heavy atom. The maximum Gasteiger partial charge on any atom is 0.294 e. The van der Waals surface area contributed by atoms with Crippen molar-refractivity contribution in [1.29, 1.82) is 0 Å². The van der Waals surface area contributed by atoms with Gasteiger partial charge < -0.3 is 14.4 Å². The lowest BCUT2D eigenvalue weighted by Gasteiger charge is -2.13. The first kappa shape index (κ1) is 17.4. The Hall–Kier alpha value is -1.64. The number of ether oxygens (including phenoxy) is 1. The zero-order valence-corrected chi connectivity index (χ0v) is 11.0. The fourth-order valence-corrected chi connectivity index (χ4v) is 1.40. The van der Waals surface area contributed by atoms with E-state index in [2.05, 4.69) is 16.6 Å². The average molecular weight is 280 g/mol.